The number of carbonyl (C=O) groups excluding carboxylic acids is 1. The van der Waals surface area contributed by atoms with Crippen LogP contribution in [0.3, 0.4) is 0 Å². The summed E-state index contributed by atoms with van der Waals surface area (Å²) in [4.78, 5) is 24.7. The number of nitrogens with zero attached hydrogens (tertiary/aromatic N) is 1. The Morgan fingerprint density at radius 2 is 2.00 bits per heavy atom. The van der Waals surface area contributed by atoms with E-state index in [4.69, 9.17) is 9.84 Å². The Bertz CT molecular complexity index is 388. The first-order valence-electron chi connectivity index (χ1n) is 8.43. The standard InChI is InChI=1S/C16H28N2O4/c1-12-5-2-3-7-14(12)22-10-8-17-15(19)11-18-9-4-6-13(18)16(20)21/h12-14H,2-11H2,1H3,(H,17,19)(H,20,21)/t12-,13+,14+/m1/s1. The highest BCUT2D eigenvalue weighted by Crippen LogP contribution is 2.25. The van der Waals surface area contributed by atoms with Crippen molar-refractivity contribution in [1.29, 1.82) is 0 Å². The second kappa shape index (κ2) is 8.48. The summed E-state index contributed by atoms with van der Waals surface area (Å²) in [5.41, 5.74) is 0. The summed E-state index contributed by atoms with van der Waals surface area (Å²) in [6.07, 6.45) is 6.65. The molecule has 1 amide bonds. The fourth-order valence-electron chi connectivity index (χ4n) is 3.47. The van der Waals surface area contributed by atoms with Gasteiger partial charge in [-0.3, -0.25) is 14.5 Å². The zero-order valence-corrected chi connectivity index (χ0v) is 13.4. The first kappa shape index (κ1) is 17.2. The second-order valence-corrected chi connectivity index (χ2v) is 6.49. The van der Waals surface area contributed by atoms with Crippen molar-refractivity contribution in [1.82, 2.24) is 10.2 Å². The van der Waals surface area contributed by atoms with Gasteiger partial charge in [0.05, 0.1) is 19.3 Å². The molecule has 2 fully saturated rings. The Kier molecular flexibility index (Phi) is 6.64. The van der Waals surface area contributed by atoms with E-state index in [2.05, 4.69) is 12.2 Å². The maximum atomic E-state index is 11.9. The molecule has 1 heterocycles. The molecule has 0 aromatic rings. The number of aliphatic carboxylic acids is 1. The van der Waals surface area contributed by atoms with Crippen LogP contribution in [0.15, 0.2) is 0 Å². The predicted molar refractivity (Wildman–Crippen MR) is 82.6 cm³/mol. The topological polar surface area (TPSA) is 78.9 Å². The van der Waals surface area contributed by atoms with Crippen LogP contribution in [0, 0.1) is 5.92 Å². The van der Waals surface area contributed by atoms with Gasteiger partial charge in [0.2, 0.25) is 5.91 Å². The lowest BCUT2D eigenvalue weighted by Gasteiger charge is -2.28. The third-order valence-corrected chi connectivity index (χ3v) is 4.78. The molecule has 1 aliphatic heterocycles. The van der Waals surface area contributed by atoms with Crippen molar-refractivity contribution in [3.63, 3.8) is 0 Å². The van der Waals surface area contributed by atoms with E-state index >= 15 is 0 Å². The molecule has 2 N–H and O–H groups in total. The highest BCUT2D eigenvalue weighted by atomic mass is 16.5. The smallest absolute Gasteiger partial charge is 0.320 e. The van der Waals surface area contributed by atoms with E-state index in [1.165, 1.54) is 19.3 Å². The third kappa shape index (κ3) is 4.95. The van der Waals surface area contributed by atoms with Crippen LogP contribution in [0.4, 0.5) is 0 Å². The number of likely N-dealkylation sites (tertiary alicyclic amines) is 1. The van der Waals surface area contributed by atoms with Gasteiger partial charge >= 0.3 is 5.97 Å². The lowest BCUT2D eigenvalue weighted by molar-refractivity contribution is -0.142. The molecule has 1 saturated carbocycles. The molecule has 2 aliphatic rings. The average Bonchev–Trinajstić information content (AvgIpc) is 2.93. The summed E-state index contributed by atoms with van der Waals surface area (Å²) >= 11 is 0. The number of rotatable bonds is 7. The quantitative estimate of drug-likeness (QED) is 0.692. The first-order chi connectivity index (χ1) is 10.6. The predicted octanol–water partition coefficient (Wildman–Crippen LogP) is 1.25. The van der Waals surface area contributed by atoms with Gasteiger partial charge in [-0.25, -0.2) is 0 Å². The minimum absolute atomic E-state index is 0.117. The first-order valence-corrected chi connectivity index (χ1v) is 8.43. The van der Waals surface area contributed by atoms with Gasteiger partial charge in [0.25, 0.3) is 0 Å². The molecule has 0 unspecified atom stereocenters. The summed E-state index contributed by atoms with van der Waals surface area (Å²) in [6.45, 7) is 4.09. The van der Waals surface area contributed by atoms with E-state index in [-0.39, 0.29) is 12.5 Å². The van der Waals surface area contributed by atoms with E-state index in [0.29, 0.717) is 38.1 Å². The van der Waals surface area contributed by atoms with E-state index < -0.39 is 12.0 Å². The van der Waals surface area contributed by atoms with Crippen molar-refractivity contribution >= 4 is 11.9 Å². The number of ether oxygens (including phenoxy) is 1. The van der Waals surface area contributed by atoms with Crippen LogP contribution in [0.25, 0.3) is 0 Å². The van der Waals surface area contributed by atoms with Crippen molar-refractivity contribution in [3.05, 3.63) is 0 Å². The van der Waals surface area contributed by atoms with Gasteiger partial charge in [-0.1, -0.05) is 19.8 Å². The summed E-state index contributed by atoms with van der Waals surface area (Å²) in [5, 5.41) is 11.9. The Morgan fingerprint density at radius 1 is 1.23 bits per heavy atom. The van der Waals surface area contributed by atoms with Gasteiger partial charge in [0.1, 0.15) is 6.04 Å². The number of hydrogen-bond acceptors (Lipinski definition) is 4. The Hall–Kier alpha value is -1.14. The molecule has 6 heteroatoms. The van der Waals surface area contributed by atoms with Gasteiger partial charge in [0, 0.05) is 6.54 Å². The monoisotopic (exact) mass is 312 g/mol. The summed E-state index contributed by atoms with van der Waals surface area (Å²) < 4.78 is 5.85. The molecular weight excluding hydrogens is 284 g/mol. The maximum absolute atomic E-state index is 11.9. The highest BCUT2D eigenvalue weighted by molar-refractivity contribution is 5.80. The van der Waals surface area contributed by atoms with Gasteiger partial charge in [0.15, 0.2) is 0 Å². The van der Waals surface area contributed by atoms with E-state index in [0.717, 1.165) is 12.8 Å². The van der Waals surface area contributed by atoms with Gasteiger partial charge in [-0.05, 0) is 38.1 Å². The number of amides is 1. The minimum Gasteiger partial charge on any atom is -0.480 e. The van der Waals surface area contributed by atoms with Crippen molar-refractivity contribution in [2.24, 2.45) is 5.92 Å². The van der Waals surface area contributed by atoms with Crippen LogP contribution < -0.4 is 5.32 Å². The number of nitrogens with one attached hydrogen (secondary N) is 1. The number of carbonyl (C=O) groups is 2. The normalized spacial score (nSPS) is 29.4. The molecule has 0 spiro atoms. The third-order valence-electron chi connectivity index (χ3n) is 4.78. The number of carboxylic acids is 1. The lowest BCUT2D eigenvalue weighted by Crippen LogP contribution is -2.43. The van der Waals surface area contributed by atoms with Gasteiger partial charge < -0.3 is 15.2 Å². The number of hydrogen-bond donors (Lipinski definition) is 2. The van der Waals surface area contributed by atoms with Crippen molar-refractivity contribution < 1.29 is 19.4 Å². The Balaban J connectivity index is 1.60. The van der Waals surface area contributed by atoms with E-state index in [1.807, 2.05) is 0 Å². The van der Waals surface area contributed by atoms with Crippen LogP contribution in [0.5, 0.6) is 0 Å². The Morgan fingerprint density at radius 3 is 2.73 bits per heavy atom. The van der Waals surface area contributed by atoms with Crippen LogP contribution in [0.2, 0.25) is 0 Å². The zero-order valence-electron chi connectivity index (χ0n) is 13.4. The fraction of sp³-hybridized carbons (Fsp3) is 0.875. The molecular formula is C16H28N2O4. The molecule has 1 saturated heterocycles. The molecule has 3 atom stereocenters. The molecule has 1 aliphatic carbocycles. The van der Waals surface area contributed by atoms with Crippen molar-refractivity contribution in [3.8, 4) is 0 Å². The van der Waals surface area contributed by atoms with E-state index in [9.17, 15) is 9.59 Å². The van der Waals surface area contributed by atoms with Gasteiger partial charge in [-0.2, -0.15) is 0 Å². The summed E-state index contributed by atoms with van der Waals surface area (Å²) in [6, 6.07) is -0.509. The largest absolute Gasteiger partial charge is 0.480 e. The molecule has 2 rings (SSSR count). The fourth-order valence-corrected chi connectivity index (χ4v) is 3.47. The molecule has 0 bridgehead atoms. The van der Waals surface area contributed by atoms with Crippen molar-refractivity contribution in [2.45, 2.75) is 57.6 Å². The number of carboxylic acid groups (broad SMARTS) is 1. The molecule has 22 heavy (non-hydrogen) atoms. The highest BCUT2D eigenvalue weighted by Gasteiger charge is 2.31. The second-order valence-electron chi connectivity index (χ2n) is 6.49. The molecule has 6 nitrogen and oxygen atoms in total. The van der Waals surface area contributed by atoms with Crippen molar-refractivity contribution in [2.75, 3.05) is 26.2 Å². The molecule has 0 radical (unpaired) electrons. The molecule has 126 valence electrons. The lowest BCUT2D eigenvalue weighted by atomic mass is 9.88. The average molecular weight is 312 g/mol. The van der Waals surface area contributed by atoms with Gasteiger partial charge in [-0.15, -0.1) is 0 Å². The Labute approximate surface area is 132 Å². The summed E-state index contributed by atoms with van der Waals surface area (Å²) in [5.74, 6) is -0.348. The SMILES string of the molecule is C[C@@H]1CCCC[C@@H]1OCCNC(=O)CN1CCC[C@H]1C(=O)O. The van der Waals surface area contributed by atoms with Crippen LogP contribution >= 0.6 is 0 Å². The van der Waals surface area contributed by atoms with Crippen LogP contribution in [-0.2, 0) is 14.3 Å². The molecule has 0 aromatic carbocycles. The van der Waals surface area contributed by atoms with E-state index in [1.54, 1.807) is 4.90 Å². The minimum atomic E-state index is -0.833. The summed E-state index contributed by atoms with van der Waals surface area (Å²) in [7, 11) is 0. The zero-order chi connectivity index (χ0) is 15.9. The van der Waals surface area contributed by atoms with Crippen LogP contribution in [0.1, 0.15) is 45.4 Å². The molecule has 0 aromatic heterocycles. The van der Waals surface area contributed by atoms with Crippen LogP contribution in [-0.4, -0.2) is 60.3 Å². The maximum Gasteiger partial charge on any atom is 0.320 e.